The molecule has 2 fully saturated rings. The number of ether oxygens (including phenoxy) is 2. The van der Waals surface area contributed by atoms with Crippen molar-refractivity contribution in [2.75, 3.05) is 19.8 Å². The van der Waals surface area contributed by atoms with E-state index in [4.69, 9.17) is 18.8 Å². The van der Waals surface area contributed by atoms with Crippen LogP contribution in [0.5, 0.6) is 5.75 Å². The van der Waals surface area contributed by atoms with Crippen LogP contribution in [0.2, 0.25) is 0 Å². The number of nitrogens with one attached hydrogen (secondary N) is 1. The molecule has 220 valence electrons. The number of carbonyl (C=O) groups is 2. The summed E-state index contributed by atoms with van der Waals surface area (Å²) in [5.74, 6) is 0.169. The van der Waals surface area contributed by atoms with Crippen LogP contribution >= 0.6 is 11.8 Å². The fourth-order valence-electron chi connectivity index (χ4n) is 6.55. The van der Waals surface area contributed by atoms with E-state index in [9.17, 15) is 9.59 Å². The van der Waals surface area contributed by atoms with Crippen LogP contribution in [0.4, 0.5) is 4.79 Å². The van der Waals surface area contributed by atoms with Crippen molar-refractivity contribution in [1.29, 1.82) is 0 Å². The Morgan fingerprint density at radius 3 is 2.56 bits per heavy atom. The number of benzene rings is 2. The van der Waals surface area contributed by atoms with Gasteiger partial charge in [0.05, 0.1) is 12.6 Å². The molecule has 41 heavy (non-hydrogen) atoms. The number of rotatable bonds is 6. The Morgan fingerprint density at radius 2 is 1.93 bits per heavy atom. The Kier molecular flexibility index (Phi) is 7.11. The number of aromatic nitrogens is 1. The largest absolute Gasteiger partial charge is 0.496 e. The topological polar surface area (TPSA) is 93.0 Å². The highest BCUT2D eigenvalue weighted by molar-refractivity contribution is 7.99. The summed E-state index contributed by atoms with van der Waals surface area (Å²) < 4.78 is 36.2. The zero-order chi connectivity index (χ0) is 32.0. The molecule has 2 heterocycles. The third kappa shape index (κ3) is 5.85. The SMILES string of the molecule is [2H]C([2H])([2H])SC1CC2(CCN(Cc3c(OC)cc(C)c4c3ccn4C(=O)OC(C)(C)C)[C@H](c3ccc(C(=O)NO)cc3)C2)C1. The van der Waals surface area contributed by atoms with Crippen LogP contribution in [0.1, 0.15) is 83.7 Å². The third-order valence-corrected chi connectivity index (χ3v) is 9.21. The molecular formula is C32H41N3O5S. The second-order valence-electron chi connectivity index (χ2n) is 12.5. The van der Waals surface area contributed by atoms with Crippen molar-refractivity contribution in [2.45, 2.75) is 76.8 Å². The standard InChI is InChI=1S/C32H41N3O5S/c1-20-15-27(39-5)25(24-11-13-35(28(20)24)30(37)40-31(2,3)4)19-34-14-12-32(16-23(17-32)41-6)18-26(34)21-7-9-22(10-8-21)29(36)33-38/h7-11,13,15,23,26,38H,12,14,16-19H2,1-6H3,(H,33,36)/t23?,26-,32?/m0/s1/i6D3. The van der Waals surface area contributed by atoms with E-state index >= 15 is 0 Å². The summed E-state index contributed by atoms with van der Waals surface area (Å²) in [4.78, 5) is 27.5. The van der Waals surface area contributed by atoms with Gasteiger partial charge in [-0.3, -0.25) is 19.5 Å². The number of amides is 1. The highest BCUT2D eigenvalue weighted by Gasteiger charge is 2.48. The van der Waals surface area contributed by atoms with Gasteiger partial charge in [-0.2, -0.15) is 11.8 Å². The number of methoxy groups -OCH3 is 1. The van der Waals surface area contributed by atoms with Gasteiger partial charge in [-0.1, -0.05) is 12.1 Å². The van der Waals surface area contributed by atoms with Gasteiger partial charge in [0, 0.05) is 44.7 Å². The quantitative estimate of drug-likeness (QED) is 0.247. The minimum absolute atomic E-state index is 0.00250. The zero-order valence-electron chi connectivity index (χ0n) is 27.3. The molecule has 0 radical (unpaired) electrons. The minimum Gasteiger partial charge on any atom is -0.496 e. The molecule has 0 bridgehead atoms. The van der Waals surface area contributed by atoms with Crippen molar-refractivity contribution >= 4 is 34.7 Å². The molecule has 3 aromatic rings. The van der Waals surface area contributed by atoms with Crippen LogP contribution < -0.4 is 10.2 Å². The number of thioether (sulfide) groups is 1. The number of carbonyl (C=O) groups excluding carboxylic acids is 2. The maximum atomic E-state index is 13.1. The average Bonchev–Trinajstić information content (AvgIpc) is 3.38. The van der Waals surface area contributed by atoms with Crippen LogP contribution in [0.25, 0.3) is 10.9 Å². The van der Waals surface area contributed by atoms with Gasteiger partial charge in [0.1, 0.15) is 11.4 Å². The van der Waals surface area contributed by atoms with Crippen LogP contribution in [-0.2, 0) is 11.3 Å². The molecule has 1 spiro atoms. The lowest BCUT2D eigenvalue weighted by molar-refractivity contribution is -0.00567. The van der Waals surface area contributed by atoms with E-state index in [0.717, 1.165) is 77.3 Å². The lowest BCUT2D eigenvalue weighted by atomic mass is 9.60. The van der Waals surface area contributed by atoms with E-state index in [1.165, 1.54) is 0 Å². The van der Waals surface area contributed by atoms with Crippen molar-refractivity contribution in [1.82, 2.24) is 14.9 Å². The maximum Gasteiger partial charge on any atom is 0.419 e. The number of nitrogens with zero attached hydrogens (tertiary/aromatic N) is 2. The van der Waals surface area contributed by atoms with E-state index in [2.05, 4.69) is 4.90 Å². The van der Waals surface area contributed by atoms with E-state index in [1.807, 2.05) is 52.0 Å². The third-order valence-electron chi connectivity index (χ3n) is 8.54. The second-order valence-corrected chi connectivity index (χ2v) is 13.4. The van der Waals surface area contributed by atoms with Crippen molar-refractivity contribution in [2.24, 2.45) is 5.41 Å². The average molecular weight is 583 g/mol. The first-order valence-electron chi connectivity index (χ1n) is 15.5. The highest BCUT2D eigenvalue weighted by atomic mass is 32.2. The predicted octanol–water partition coefficient (Wildman–Crippen LogP) is 6.71. The monoisotopic (exact) mass is 582 g/mol. The van der Waals surface area contributed by atoms with Crippen LogP contribution in [-0.4, -0.2) is 57.4 Å². The van der Waals surface area contributed by atoms with Crippen LogP contribution in [0.15, 0.2) is 42.6 Å². The van der Waals surface area contributed by atoms with E-state index in [1.54, 1.807) is 35.5 Å². The van der Waals surface area contributed by atoms with Gasteiger partial charge < -0.3 is 9.47 Å². The summed E-state index contributed by atoms with van der Waals surface area (Å²) in [5, 5.41) is 10.1. The Labute approximate surface area is 250 Å². The molecule has 1 saturated carbocycles. The van der Waals surface area contributed by atoms with Gasteiger partial charge in [0.25, 0.3) is 5.91 Å². The van der Waals surface area contributed by atoms with Gasteiger partial charge in [-0.05, 0) is 107 Å². The fourth-order valence-corrected chi connectivity index (χ4v) is 7.43. The van der Waals surface area contributed by atoms with Crippen LogP contribution in [0, 0.1) is 12.3 Å². The summed E-state index contributed by atoms with van der Waals surface area (Å²) in [6.45, 7) is 8.84. The van der Waals surface area contributed by atoms with E-state index < -0.39 is 23.8 Å². The molecule has 9 heteroatoms. The Hall–Kier alpha value is -3.01. The van der Waals surface area contributed by atoms with Crippen molar-refractivity contribution in [3.8, 4) is 5.75 Å². The molecule has 2 aliphatic rings. The Morgan fingerprint density at radius 1 is 1.20 bits per heavy atom. The molecule has 1 amide bonds. The molecular weight excluding hydrogens is 538 g/mol. The molecule has 1 atom stereocenters. The zero-order valence-corrected chi connectivity index (χ0v) is 25.1. The molecule has 2 N–H and O–H groups in total. The van der Waals surface area contributed by atoms with E-state index in [-0.39, 0.29) is 16.7 Å². The normalized spacial score (nSPS) is 24.3. The van der Waals surface area contributed by atoms with Gasteiger partial charge in [-0.25, -0.2) is 10.3 Å². The number of likely N-dealkylation sites (tertiary alicyclic amines) is 1. The molecule has 8 nitrogen and oxygen atoms in total. The van der Waals surface area contributed by atoms with Gasteiger partial charge in [0.15, 0.2) is 0 Å². The first-order chi connectivity index (χ1) is 20.6. The number of fused-ring (bicyclic) bond motifs is 1. The number of hydrogen-bond acceptors (Lipinski definition) is 7. The molecule has 1 saturated heterocycles. The van der Waals surface area contributed by atoms with Gasteiger partial charge in [-0.15, -0.1) is 0 Å². The highest BCUT2D eigenvalue weighted by Crippen LogP contribution is 2.57. The Bertz CT molecular complexity index is 1540. The number of piperidine rings is 1. The van der Waals surface area contributed by atoms with E-state index in [0.29, 0.717) is 12.1 Å². The first kappa shape index (κ1) is 25.7. The second kappa shape index (κ2) is 11.3. The minimum atomic E-state index is -2.00. The summed E-state index contributed by atoms with van der Waals surface area (Å²) in [6.07, 6.45) is 2.84. The summed E-state index contributed by atoms with van der Waals surface area (Å²) in [5.41, 5.74) is 5.15. The smallest absolute Gasteiger partial charge is 0.419 e. The van der Waals surface area contributed by atoms with Gasteiger partial charge in [0.2, 0.25) is 0 Å². The predicted molar refractivity (Wildman–Crippen MR) is 162 cm³/mol. The van der Waals surface area contributed by atoms with Gasteiger partial charge >= 0.3 is 6.09 Å². The maximum absolute atomic E-state index is 13.1. The molecule has 2 aromatic carbocycles. The summed E-state index contributed by atoms with van der Waals surface area (Å²) in [6, 6.07) is 11.2. The lowest BCUT2D eigenvalue weighted by Gasteiger charge is -2.55. The molecule has 0 unspecified atom stereocenters. The number of hydroxylamine groups is 1. The van der Waals surface area contributed by atoms with Crippen molar-refractivity contribution < 1.29 is 28.4 Å². The molecule has 1 aliphatic heterocycles. The molecule has 5 rings (SSSR count). The lowest BCUT2D eigenvalue weighted by Crippen LogP contribution is -2.49. The molecule has 1 aliphatic carbocycles. The van der Waals surface area contributed by atoms with Crippen molar-refractivity contribution in [3.63, 3.8) is 0 Å². The molecule has 1 aromatic heterocycles. The fraction of sp³-hybridized carbons (Fsp3) is 0.500. The number of hydrogen-bond donors (Lipinski definition) is 2. The van der Waals surface area contributed by atoms with Crippen molar-refractivity contribution in [3.05, 3.63) is 64.8 Å². The Balaban J connectivity index is 1.49. The van der Waals surface area contributed by atoms with Crippen LogP contribution in [0.3, 0.4) is 0 Å². The summed E-state index contributed by atoms with van der Waals surface area (Å²) in [7, 11) is 1.65. The number of aryl methyl sites for hydroxylation is 1. The first-order valence-corrected chi connectivity index (χ1v) is 14.9. The summed E-state index contributed by atoms with van der Waals surface area (Å²) >= 11 is 1.10.